The van der Waals surface area contributed by atoms with Crippen molar-refractivity contribution in [2.24, 2.45) is 0 Å². The quantitative estimate of drug-likeness (QED) is 0.632. The van der Waals surface area contributed by atoms with Crippen LogP contribution in [0, 0.1) is 0 Å². The molecule has 110 valence electrons. The molecule has 4 heteroatoms. The average molecular weight is 286 g/mol. The zero-order valence-electron chi connectivity index (χ0n) is 12.4. The molecular formula is C17H18O4. The van der Waals surface area contributed by atoms with E-state index in [1.807, 2.05) is 37.3 Å². The van der Waals surface area contributed by atoms with Crippen molar-refractivity contribution in [1.29, 1.82) is 0 Å². The molecule has 4 nitrogen and oxygen atoms in total. The van der Waals surface area contributed by atoms with Gasteiger partial charge in [0.15, 0.2) is 0 Å². The third-order valence-electron chi connectivity index (χ3n) is 3.17. The summed E-state index contributed by atoms with van der Waals surface area (Å²) in [6, 6.07) is 7.29. The Morgan fingerprint density at radius 1 is 1.10 bits per heavy atom. The van der Waals surface area contributed by atoms with Gasteiger partial charge in [0.1, 0.15) is 11.4 Å². The fourth-order valence-electron chi connectivity index (χ4n) is 2.21. The van der Waals surface area contributed by atoms with Gasteiger partial charge in [0.05, 0.1) is 0 Å². The first-order valence-electron chi connectivity index (χ1n) is 6.76. The molecule has 1 aliphatic rings. The van der Waals surface area contributed by atoms with Gasteiger partial charge in [-0.2, -0.15) is 0 Å². The summed E-state index contributed by atoms with van der Waals surface area (Å²) in [5, 5.41) is 0. The van der Waals surface area contributed by atoms with Crippen LogP contribution in [0.15, 0.2) is 42.5 Å². The van der Waals surface area contributed by atoms with Gasteiger partial charge >= 0.3 is 11.9 Å². The highest BCUT2D eigenvalue weighted by Gasteiger charge is 2.25. The Kier molecular flexibility index (Phi) is 4.26. The van der Waals surface area contributed by atoms with Crippen LogP contribution in [0.3, 0.4) is 0 Å². The van der Waals surface area contributed by atoms with Crippen LogP contribution in [0.2, 0.25) is 0 Å². The van der Waals surface area contributed by atoms with Crippen LogP contribution in [0.5, 0.6) is 5.75 Å². The van der Waals surface area contributed by atoms with Crippen molar-refractivity contribution in [1.82, 2.24) is 0 Å². The lowest BCUT2D eigenvalue weighted by Gasteiger charge is -2.27. The number of benzene rings is 1. The Balaban J connectivity index is 2.09. The molecule has 1 atom stereocenters. The molecule has 0 saturated carbocycles. The van der Waals surface area contributed by atoms with Gasteiger partial charge in [-0.15, -0.1) is 0 Å². The zero-order chi connectivity index (χ0) is 15.5. The van der Waals surface area contributed by atoms with Crippen molar-refractivity contribution in [3.05, 3.63) is 48.1 Å². The first kappa shape index (κ1) is 15.0. The Labute approximate surface area is 124 Å². The minimum atomic E-state index is -0.576. The van der Waals surface area contributed by atoms with Crippen molar-refractivity contribution >= 4 is 17.5 Å². The van der Waals surface area contributed by atoms with E-state index in [1.54, 1.807) is 12.1 Å². The number of allylic oxidation sites excluding steroid dienone is 2. The summed E-state index contributed by atoms with van der Waals surface area (Å²) < 4.78 is 10.3. The molecule has 0 radical (unpaired) electrons. The van der Waals surface area contributed by atoms with Gasteiger partial charge < -0.3 is 9.47 Å². The second-order valence-corrected chi connectivity index (χ2v) is 5.22. The third-order valence-corrected chi connectivity index (χ3v) is 3.17. The van der Waals surface area contributed by atoms with Crippen LogP contribution >= 0.6 is 0 Å². The molecule has 0 spiro atoms. The predicted molar refractivity (Wildman–Crippen MR) is 79.7 cm³/mol. The monoisotopic (exact) mass is 286 g/mol. The number of rotatable bonds is 3. The molecule has 0 saturated heterocycles. The maximum Gasteiger partial charge on any atom is 0.308 e. The summed E-state index contributed by atoms with van der Waals surface area (Å²) in [7, 11) is 0. The summed E-state index contributed by atoms with van der Waals surface area (Å²) in [5.74, 6) is -0.0993. The fraction of sp³-hybridized carbons (Fsp3) is 0.294. The van der Waals surface area contributed by atoms with Gasteiger partial charge in [-0.05, 0) is 36.3 Å². The molecule has 0 heterocycles. The number of hydrogen-bond acceptors (Lipinski definition) is 4. The number of carbonyl (C=O) groups is 2. The highest BCUT2D eigenvalue weighted by atomic mass is 16.6. The highest BCUT2D eigenvalue weighted by molar-refractivity contribution is 5.76. The molecule has 2 rings (SSSR count). The van der Waals surface area contributed by atoms with Crippen LogP contribution in [-0.2, 0) is 14.3 Å². The van der Waals surface area contributed by atoms with Crippen molar-refractivity contribution in [3.8, 4) is 5.75 Å². The average Bonchev–Trinajstić information content (AvgIpc) is 2.39. The van der Waals surface area contributed by atoms with Crippen molar-refractivity contribution in [2.45, 2.75) is 32.8 Å². The summed E-state index contributed by atoms with van der Waals surface area (Å²) >= 11 is 0. The molecule has 0 aliphatic heterocycles. The summed E-state index contributed by atoms with van der Waals surface area (Å²) in [6.07, 6.45) is 6.49. The molecular weight excluding hydrogens is 268 g/mol. The SMILES string of the molecule is CC(=O)Oc1ccc(C2=CCC(C)(OC(C)=O)C=C2)cc1. The van der Waals surface area contributed by atoms with Gasteiger partial charge in [0, 0.05) is 20.3 Å². The van der Waals surface area contributed by atoms with Gasteiger partial charge in [-0.3, -0.25) is 9.59 Å². The molecule has 0 fully saturated rings. The van der Waals surface area contributed by atoms with E-state index in [9.17, 15) is 9.59 Å². The number of hydrogen-bond donors (Lipinski definition) is 0. The molecule has 0 bridgehead atoms. The lowest BCUT2D eigenvalue weighted by molar-refractivity contribution is -0.150. The van der Waals surface area contributed by atoms with Gasteiger partial charge in [-0.1, -0.05) is 24.3 Å². The Morgan fingerprint density at radius 2 is 1.76 bits per heavy atom. The second kappa shape index (κ2) is 5.95. The smallest absolute Gasteiger partial charge is 0.308 e. The maximum absolute atomic E-state index is 11.1. The second-order valence-electron chi connectivity index (χ2n) is 5.22. The normalized spacial score (nSPS) is 20.6. The molecule has 0 aromatic heterocycles. The van der Waals surface area contributed by atoms with Gasteiger partial charge in [0.2, 0.25) is 0 Å². The maximum atomic E-state index is 11.1. The Bertz CT molecular complexity index is 610. The van der Waals surface area contributed by atoms with E-state index in [2.05, 4.69) is 0 Å². The molecule has 0 amide bonds. The van der Waals surface area contributed by atoms with Gasteiger partial charge in [0.25, 0.3) is 0 Å². The number of carbonyl (C=O) groups excluding carboxylic acids is 2. The fourth-order valence-corrected chi connectivity index (χ4v) is 2.21. The van der Waals surface area contributed by atoms with E-state index >= 15 is 0 Å². The summed E-state index contributed by atoms with van der Waals surface area (Å²) in [5.41, 5.74) is 1.49. The molecule has 1 unspecified atom stereocenters. The first-order chi connectivity index (χ1) is 9.88. The van der Waals surface area contributed by atoms with E-state index in [-0.39, 0.29) is 11.9 Å². The summed E-state index contributed by atoms with van der Waals surface area (Å²) in [6.45, 7) is 4.66. The standard InChI is InChI=1S/C17H18O4/c1-12(18)20-16-6-4-14(5-7-16)15-8-10-17(3,11-9-15)21-13(2)19/h4-10H,11H2,1-3H3. The molecule has 0 N–H and O–H groups in total. The first-order valence-corrected chi connectivity index (χ1v) is 6.76. The minimum absolute atomic E-state index is 0.287. The van der Waals surface area contributed by atoms with Crippen molar-refractivity contribution in [3.63, 3.8) is 0 Å². The van der Waals surface area contributed by atoms with Crippen molar-refractivity contribution in [2.75, 3.05) is 0 Å². The van der Waals surface area contributed by atoms with Crippen LogP contribution in [0.25, 0.3) is 5.57 Å². The molecule has 1 aliphatic carbocycles. The Hall–Kier alpha value is -2.36. The van der Waals surface area contributed by atoms with E-state index in [0.29, 0.717) is 12.2 Å². The van der Waals surface area contributed by atoms with Crippen LogP contribution in [0.4, 0.5) is 0 Å². The van der Waals surface area contributed by atoms with Crippen LogP contribution < -0.4 is 4.74 Å². The van der Waals surface area contributed by atoms with Gasteiger partial charge in [-0.25, -0.2) is 0 Å². The van der Waals surface area contributed by atoms with Crippen LogP contribution in [-0.4, -0.2) is 17.5 Å². The number of ether oxygens (including phenoxy) is 2. The van der Waals surface area contributed by atoms with E-state index in [0.717, 1.165) is 11.1 Å². The molecule has 1 aromatic carbocycles. The lowest BCUT2D eigenvalue weighted by Crippen LogP contribution is -2.29. The summed E-state index contributed by atoms with van der Waals surface area (Å²) in [4.78, 5) is 21.9. The van der Waals surface area contributed by atoms with Crippen LogP contribution in [0.1, 0.15) is 32.8 Å². The lowest BCUT2D eigenvalue weighted by atomic mass is 9.91. The number of esters is 2. The zero-order valence-corrected chi connectivity index (χ0v) is 12.4. The Morgan fingerprint density at radius 3 is 2.24 bits per heavy atom. The highest BCUT2D eigenvalue weighted by Crippen LogP contribution is 2.30. The van der Waals surface area contributed by atoms with E-state index in [1.165, 1.54) is 13.8 Å². The largest absolute Gasteiger partial charge is 0.455 e. The van der Waals surface area contributed by atoms with Crippen molar-refractivity contribution < 1.29 is 19.1 Å². The van der Waals surface area contributed by atoms with E-state index < -0.39 is 5.60 Å². The minimum Gasteiger partial charge on any atom is -0.455 e. The van der Waals surface area contributed by atoms with E-state index in [4.69, 9.17) is 9.47 Å². The molecule has 21 heavy (non-hydrogen) atoms. The topological polar surface area (TPSA) is 52.6 Å². The third kappa shape index (κ3) is 4.05. The molecule has 1 aromatic rings. The predicted octanol–water partition coefficient (Wildman–Crippen LogP) is 3.28.